The quantitative estimate of drug-likeness (QED) is 0.276. The number of aromatic nitrogens is 4. The summed E-state index contributed by atoms with van der Waals surface area (Å²) in [5.74, 6) is 0.448. The van der Waals surface area contributed by atoms with E-state index >= 15 is 0 Å². The number of benzene rings is 1. The number of fused-ring (bicyclic) bond motifs is 1. The van der Waals surface area contributed by atoms with Crippen LogP contribution in [-0.2, 0) is 4.74 Å². The van der Waals surface area contributed by atoms with Crippen LogP contribution in [0.5, 0.6) is 0 Å². The number of aryl methyl sites for hydroxylation is 1. The Morgan fingerprint density at radius 3 is 2.88 bits per heavy atom. The van der Waals surface area contributed by atoms with Crippen LogP contribution in [0, 0.1) is 17.0 Å². The second kappa shape index (κ2) is 8.30. The lowest BCUT2D eigenvalue weighted by Crippen LogP contribution is -2.20. The van der Waals surface area contributed by atoms with Crippen molar-refractivity contribution in [2.45, 2.75) is 13.8 Å². The Morgan fingerprint density at radius 2 is 2.12 bits per heavy atom. The highest BCUT2D eigenvalue weighted by molar-refractivity contribution is 5.91. The maximum Gasteiger partial charge on any atom is 0.361 e. The van der Waals surface area contributed by atoms with Crippen LogP contribution in [0.1, 0.15) is 34.3 Å². The summed E-state index contributed by atoms with van der Waals surface area (Å²) < 4.78 is 11.8. The van der Waals surface area contributed by atoms with Gasteiger partial charge in [-0.2, -0.15) is 4.52 Å². The van der Waals surface area contributed by atoms with Gasteiger partial charge in [-0.25, -0.2) is 14.8 Å². The normalized spacial score (nSPS) is 11.3. The van der Waals surface area contributed by atoms with Gasteiger partial charge in [0.1, 0.15) is 17.8 Å². The number of carbonyl (C=O) groups excluding carboxylic acids is 1. The van der Waals surface area contributed by atoms with E-state index < -0.39 is 22.1 Å². The fourth-order valence-corrected chi connectivity index (χ4v) is 3.13. The first-order valence-electron chi connectivity index (χ1n) is 9.55. The van der Waals surface area contributed by atoms with Gasteiger partial charge in [0.15, 0.2) is 5.69 Å². The maximum atomic E-state index is 12.3. The number of ether oxygens (including phenoxy) is 1. The topological polar surface area (TPSA) is 146 Å². The number of rotatable bonds is 6. The Balaban J connectivity index is 1.68. The third-order valence-corrected chi connectivity index (χ3v) is 4.66. The lowest BCUT2D eigenvalue weighted by molar-refractivity contribution is -0.386. The van der Waals surface area contributed by atoms with Crippen molar-refractivity contribution in [2.24, 2.45) is 0 Å². The van der Waals surface area contributed by atoms with Crippen molar-refractivity contribution in [1.82, 2.24) is 19.6 Å². The van der Waals surface area contributed by atoms with Crippen molar-refractivity contribution in [3.05, 3.63) is 79.7 Å². The zero-order valence-corrected chi connectivity index (χ0v) is 17.1. The molecule has 0 atom stereocenters. The van der Waals surface area contributed by atoms with E-state index in [0.717, 1.165) is 10.1 Å². The standard InChI is InChI=1S/C21H17N5O6/c1-3-31-20(28)13-5-4-12(2)15(10-13)17-9-7-14(32-17)6-8-16-18(26(29)30)19(27)25-21(24-16)22-11-23-25/h4-11H,3H2,1-2H3,(H,22,23,24)/b8-6-. The van der Waals surface area contributed by atoms with E-state index in [0.29, 0.717) is 22.6 Å². The summed E-state index contributed by atoms with van der Waals surface area (Å²) in [6.45, 7) is 3.88. The van der Waals surface area contributed by atoms with Crippen LogP contribution in [0.15, 0.2) is 45.9 Å². The largest absolute Gasteiger partial charge is 0.462 e. The molecule has 3 aromatic heterocycles. The molecule has 162 valence electrons. The lowest BCUT2D eigenvalue weighted by atomic mass is 10.0. The van der Waals surface area contributed by atoms with Crippen molar-refractivity contribution in [3.8, 4) is 11.3 Å². The SMILES string of the molecule is CCOC(=O)c1ccc(C)c(-c2ccc(/C=C\c3nc4nc[nH]n4c(=O)c3[N+](=O)[O-])o2)c1. The number of nitrogens with zero attached hydrogens (tertiary/aromatic N) is 4. The van der Waals surface area contributed by atoms with E-state index in [-0.39, 0.29) is 18.1 Å². The molecule has 0 saturated heterocycles. The Hall–Kier alpha value is -4.54. The summed E-state index contributed by atoms with van der Waals surface area (Å²) in [6, 6.07) is 8.52. The summed E-state index contributed by atoms with van der Waals surface area (Å²) in [6.07, 6.45) is 4.00. The molecule has 0 saturated carbocycles. The van der Waals surface area contributed by atoms with E-state index in [1.807, 2.05) is 6.92 Å². The molecule has 1 N–H and O–H groups in total. The van der Waals surface area contributed by atoms with Crippen LogP contribution in [-0.4, -0.2) is 37.1 Å². The highest BCUT2D eigenvalue weighted by Gasteiger charge is 2.23. The van der Waals surface area contributed by atoms with Gasteiger partial charge in [-0.05, 0) is 55.8 Å². The number of nitrogens with one attached hydrogen (secondary N) is 1. The first kappa shape index (κ1) is 20.7. The fourth-order valence-electron chi connectivity index (χ4n) is 3.13. The Labute approximate surface area is 180 Å². The molecule has 0 unspecified atom stereocenters. The number of aromatic amines is 1. The summed E-state index contributed by atoms with van der Waals surface area (Å²) in [7, 11) is 0. The summed E-state index contributed by atoms with van der Waals surface area (Å²) >= 11 is 0. The maximum absolute atomic E-state index is 12.3. The van der Waals surface area contributed by atoms with E-state index in [1.165, 1.54) is 18.5 Å². The zero-order chi connectivity index (χ0) is 22.8. The van der Waals surface area contributed by atoms with E-state index in [9.17, 15) is 19.7 Å². The number of esters is 1. The van der Waals surface area contributed by atoms with Crippen molar-refractivity contribution in [3.63, 3.8) is 0 Å². The van der Waals surface area contributed by atoms with Gasteiger partial charge in [0.25, 0.3) is 5.78 Å². The monoisotopic (exact) mass is 435 g/mol. The molecule has 0 aliphatic heterocycles. The molecule has 3 heterocycles. The van der Waals surface area contributed by atoms with E-state index in [2.05, 4.69) is 15.1 Å². The number of hydrogen-bond donors (Lipinski definition) is 1. The lowest BCUT2D eigenvalue weighted by Gasteiger charge is -2.06. The molecule has 4 aromatic rings. The number of hydrogen-bond acceptors (Lipinski definition) is 8. The second-order valence-corrected chi connectivity index (χ2v) is 6.72. The molecule has 32 heavy (non-hydrogen) atoms. The van der Waals surface area contributed by atoms with Crippen molar-refractivity contribution < 1.29 is 18.9 Å². The second-order valence-electron chi connectivity index (χ2n) is 6.72. The highest BCUT2D eigenvalue weighted by atomic mass is 16.6. The number of furan rings is 1. The molecular weight excluding hydrogens is 418 g/mol. The average Bonchev–Trinajstić information content (AvgIpc) is 3.42. The van der Waals surface area contributed by atoms with Crippen LogP contribution in [0.4, 0.5) is 5.69 Å². The number of H-pyrrole nitrogens is 1. The minimum Gasteiger partial charge on any atom is -0.462 e. The minimum atomic E-state index is -0.872. The molecule has 0 amide bonds. The predicted molar refractivity (Wildman–Crippen MR) is 114 cm³/mol. The molecule has 0 spiro atoms. The number of carbonyl (C=O) groups is 1. The molecule has 11 nitrogen and oxygen atoms in total. The first-order chi connectivity index (χ1) is 15.4. The van der Waals surface area contributed by atoms with Crippen molar-refractivity contribution in [1.29, 1.82) is 0 Å². The van der Waals surface area contributed by atoms with E-state index in [4.69, 9.17) is 9.15 Å². The Morgan fingerprint density at radius 1 is 1.31 bits per heavy atom. The molecule has 0 bridgehead atoms. The smallest absolute Gasteiger partial charge is 0.361 e. The van der Waals surface area contributed by atoms with Crippen LogP contribution in [0.3, 0.4) is 0 Å². The molecule has 1 aromatic carbocycles. The summed E-state index contributed by atoms with van der Waals surface area (Å²) in [4.78, 5) is 42.9. The van der Waals surface area contributed by atoms with Crippen LogP contribution in [0.25, 0.3) is 29.3 Å². The summed E-state index contributed by atoms with van der Waals surface area (Å²) in [5.41, 5.74) is 0.281. The van der Waals surface area contributed by atoms with Gasteiger partial charge in [0.2, 0.25) is 0 Å². The molecule has 0 aliphatic rings. The third-order valence-electron chi connectivity index (χ3n) is 4.66. The average molecular weight is 435 g/mol. The fraction of sp³-hybridized carbons (Fsp3) is 0.143. The van der Waals surface area contributed by atoms with Gasteiger partial charge >= 0.3 is 17.2 Å². The van der Waals surface area contributed by atoms with Crippen LogP contribution >= 0.6 is 0 Å². The van der Waals surface area contributed by atoms with Gasteiger partial charge < -0.3 is 9.15 Å². The Bertz CT molecular complexity index is 1430. The predicted octanol–water partition coefficient (Wildman–Crippen LogP) is 3.24. The molecule has 4 rings (SSSR count). The third kappa shape index (κ3) is 3.78. The van der Waals surface area contributed by atoms with Crippen molar-refractivity contribution >= 4 is 29.6 Å². The van der Waals surface area contributed by atoms with Crippen LogP contribution < -0.4 is 5.56 Å². The molecule has 0 radical (unpaired) electrons. The Kier molecular flexibility index (Phi) is 5.37. The highest BCUT2D eigenvalue weighted by Crippen LogP contribution is 2.28. The molecule has 0 fully saturated rings. The van der Waals surface area contributed by atoms with Gasteiger partial charge in [-0.1, -0.05) is 6.07 Å². The van der Waals surface area contributed by atoms with Crippen molar-refractivity contribution in [2.75, 3.05) is 6.61 Å². The number of nitro groups is 1. The summed E-state index contributed by atoms with van der Waals surface area (Å²) in [5, 5.41) is 13.9. The van der Waals surface area contributed by atoms with Gasteiger partial charge in [-0.3, -0.25) is 20.0 Å². The zero-order valence-electron chi connectivity index (χ0n) is 17.1. The van der Waals surface area contributed by atoms with Gasteiger partial charge in [0.05, 0.1) is 17.1 Å². The van der Waals surface area contributed by atoms with Gasteiger partial charge in [-0.15, -0.1) is 0 Å². The molecule has 11 heteroatoms. The van der Waals surface area contributed by atoms with E-state index in [1.54, 1.807) is 37.3 Å². The molecular formula is C21H17N5O6. The first-order valence-corrected chi connectivity index (χ1v) is 9.55. The molecule has 0 aliphatic carbocycles. The van der Waals surface area contributed by atoms with Gasteiger partial charge in [0, 0.05) is 5.56 Å². The van der Waals surface area contributed by atoms with Crippen LogP contribution in [0.2, 0.25) is 0 Å². The minimum absolute atomic E-state index is 0.00629.